The maximum Gasteiger partial charge on any atom is 1.00 e. The molecule has 5 heteroatoms. The molecule has 0 aliphatic heterocycles. The molecule has 2 aromatic rings. The molecular formula is C10H5F3LiN. The molecule has 1 nitrogen and oxygen atoms in total. The summed E-state index contributed by atoms with van der Waals surface area (Å²) in [5.41, 5.74) is -0.599. The van der Waals surface area contributed by atoms with E-state index in [0.29, 0.717) is 10.9 Å². The third kappa shape index (κ3) is 2.52. The van der Waals surface area contributed by atoms with Crippen LogP contribution in [0.15, 0.2) is 30.3 Å². The van der Waals surface area contributed by atoms with Crippen LogP contribution in [0.1, 0.15) is 5.69 Å². The van der Waals surface area contributed by atoms with Gasteiger partial charge in [-0.05, 0) is 5.52 Å². The smallest absolute Gasteiger partial charge is 0.340 e. The zero-order valence-corrected chi connectivity index (χ0v) is 7.97. The molecule has 1 heterocycles. The number of aromatic nitrogens is 1. The van der Waals surface area contributed by atoms with Gasteiger partial charge in [-0.25, -0.2) is 0 Å². The molecule has 0 radical (unpaired) electrons. The van der Waals surface area contributed by atoms with E-state index in [1.165, 1.54) is 6.07 Å². The number of alkyl halides is 3. The Hall–Kier alpha value is -0.983. The molecule has 0 unspecified atom stereocenters. The molecule has 0 saturated carbocycles. The topological polar surface area (TPSA) is 12.9 Å². The fourth-order valence-electron chi connectivity index (χ4n) is 1.15. The van der Waals surface area contributed by atoms with Gasteiger partial charge in [0.25, 0.3) is 0 Å². The van der Waals surface area contributed by atoms with Gasteiger partial charge in [0.15, 0.2) is 0 Å². The Bertz CT molecular complexity index is 467. The summed E-state index contributed by atoms with van der Waals surface area (Å²) in [6.07, 6.45) is -4.40. The monoisotopic (exact) mass is 203 g/mol. The zero-order chi connectivity index (χ0) is 10.2. The van der Waals surface area contributed by atoms with Crippen LogP contribution in [0, 0.1) is 6.07 Å². The molecule has 0 atom stereocenters. The van der Waals surface area contributed by atoms with Crippen molar-refractivity contribution in [2.24, 2.45) is 0 Å². The number of nitrogens with zero attached hydrogens (tertiary/aromatic N) is 1. The second-order valence-corrected chi connectivity index (χ2v) is 2.80. The summed E-state index contributed by atoms with van der Waals surface area (Å²) in [6, 6.07) is 9.98. The molecule has 0 spiro atoms. The van der Waals surface area contributed by atoms with Crippen LogP contribution < -0.4 is 18.9 Å². The minimum Gasteiger partial charge on any atom is -0.340 e. The summed E-state index contributed by atoms with van der Waals surface area (Å²) in [4.78, 5) is 3.49. The molecular weight excluding hydrogens is 198 g/mol. The van der Waals surface area contributed by atoms with Gasteiger partial charge in [0.05, 0.1) is 5.69 Å². The van der Waals surface area contributed by atoms with Crippen LogP contribution in [0.4, 0.5) is 13.2 Å². The number of benzene rings is 1. The molecule has 0 amide bonds. The molecule has 0 saturated heterocycles. The fraction of sp³-hybridized carbons (Fsp3) is 0.100. The van der Waals surface area contributed by atoms with E-state index in [1.807, 2.05) is 0 Å². The molecule has 0 fully saturated rings. The zero-order valence-electron chi connectivity index (χ0n) is 7.97. The van der Waals surface area contributed by atoms with Crippen molar-refractivity contribution >= 4 is 10.9 Å². The van der Waals surface area contributed by atoms with Crippen molar-refractivity contribution in [1.82, 2.24) is 4.98 Å². The van der Waals surface area contributed by atoms with E-state index in [4.69, 9.17) is 0 Å². The molecule has 0 aliphatic carbocycles. The van der Waals surface area contributed by atoms with Crippen LogP contribution in [0.2, 0.25) is 0 Å². The van der Waals surface area contributed by atoms with Gasteiger partial charge in [0.1, 0.15) is 0 Å². The van der Waals surface area contributed by atoms with E-state index in [1.54, 1.807) is 18.2 Å². The van der Waals surface area contributed by atoms with Gasteiger partial charge < -0.3 is 4.98 Å². The molecule has 0 aliphatic rings. The third-order valence-electron chi connectivity index (χ3n) is 1.80. The number of fused-ring (bicyclic) bond motifs is 1. The van der Waals surface area contributed by atoms with Crippen LogP contribution in [0.25, 0.3) is 10.9 Å². The van der Waals surface area contributed by atoms with Crippen LogP contribution in [-0.4, -0.2) is 4.98 Å². The molecule has 72 valence electrons. The number of hydrogen-bond donors (Lipinski definition) is 0. The number of hydrogen-bond acceptors (Lipinski definition) is 1. The molecule has 1 aromatic carbocycles. The second-order valence-electron chi connectivity index (χ2n) is 2.80. The predicted molar refractivity (Wildman–Crippen MR) is 45.6 cm³/mol. The van der Waals surface area contributed by atoms with Gasteiger partial charge in [-0.1, -0.05) is 12.1 Å². The molecule has 2 rings (SSSR count). The fourth-order valence-corrected chi connectivity index (χ4v) is 1.15. The Labute approximate surface area is 96.5 Å². The van der Waals surface area contributed by atoms with E-state index in [9.17, 15) is 13.2 Å². The quantitative estimate of drug-likeness (QED) is 0.435. The Balaban J connectivity index is 0.00000112. The Kier molecular flexibility index (Phi) is 3.43. The minimum absolute atomic E-state index is 0. The van der Waals surface area contributed by atoms with E-state index >= 15 is 0 Å². The van der Waals surface area contributed by atoms with E-state index < -0.39 is 11.9 Å². The molecule has 15 heavy (non-hydrogen) atoms. The molecule has 1 aromatic heterocycles. The Morgan fingerprint density at radius 3 is 2.47 bits per heavy atom. The van der Waals surface area contributed by atoms with Gasteiger partial charge in [-0.15, -0.1) is 29.7 Å². The number of rotatable bonds is 0. The summed E-state index contributed by atoms with van der Waals surface area (Å²) in [6.45, 7) is 0. The second kappa shape index (κ2) is 4.26. The largest absolute Gasteiger partial charge is 1.00 e. The predicted octanol–water partition coefficient (Wildman–Crippen LogP) is 0.0578. The number of pyridine rings is 1. The van der Waals surface area contributed by atoms with Crippen molar-refractivity contribution < 1.29 is 32.0 Å². The van der Waals surface area contributed by atoms with Gasteiger partial charge in [-0.3, -0.25) is 0 Å². The first-order chi connectivity index (χ1) is 6.57. The normalized spacial score (nSPS) is 11.1. The van der Waals surface area contributed by atoms with E-state index in [2.05, 4.69) is 11.1 Å². The van der Waals surface area contributed by atoms with Crippen molar-refractivity contribution in [3.63, 3.8) is 0 Å². The summed E-state index contributed by atoms with van der Waals surface area (Å²) in [7, 11) is 0. The summed E-state index contributed by atoms with van der Waals surface area (Å²) in [5.74, 6) is 0. The standard InChI is InChI=1S/C10H5F3N.Li/c11-10(12,13)9-6-5-7-3-1-2-4-8(7)14-9;/h1-4,6H;/q-1;+1. The van der Waals surface area contributed by atoms with E-state index in [0.717, 1.165) is 6.07 Å². The molecule has 0 bridgehead atoms. The summed E-state index contributed by atoms with van der Waals surface area (Å²) < 4.78 is 36.7. The van der Waals surface area contributed by atoms with Crippen LogP contribution in [0.3, 0.4) is 0 Å². The first-order valence-electron chi connectivity index (χ1n) is 3.92. The first kappa shape index (κ1) is 12.1. The minimum atomic E-state index is -4.40. The first-order valence-corrected chi connectivity index (χ1v) is 3.92. The van der Waals surface area contributed by atoms with Crippen LogP contribution >= 0.6 is 0 Å². The maximum atomic E-state index is 12.2. The van der Waals surface area contributed by atoms with Gasteiger partial charge in [-0.2, -0.15) is 13.2 Å². The van der Waals surface area contributed by atoms with Crippen molar-refractivity contribution in [2.45, 2.75) is 6.18 Å². The average molecular weight is 203 g/mol. The number of halogens is 3. The Morgan fingerprint density at radius 1 is 1.13 bits per heavy atom. The van der Waals surface area contributed by atoms with Crippen molar-refractivity contribution in [2.75, 3.05) is 0 Å². The van der Waals surface area contributed by atoms with Crippen molar-refractivity contribution in [1.29, 1.82) is 0 Å². The average Bonchev–Trinajstić information content (AvgIpc) is 2.16. The molecule has 0 N–H and O–H groups in total. The SMILES string of the molecule is FC(F)(F)c1c[c-]c2ccccc2n1.[Li+]. The number of para-hydroxylation sites is 1. The Morgan fingerprint density at radius 2 is 1.80 bits per heavy atom. The summed E-state index contributed by atoms with van der Waals surface area (Å²) in [5, 5.41) is 0.584. The van der Waals surface area contributed by atoms with Gasteiger partial charge >= 0.3 is 25.0 Å². The summed E-state index contributed by atoms with van der Waals surface area (Å²) >= 11 is 0. The van der Waals surface area contributed by atoms with Gasteiger partial charge in [0.2, 0.25) is 0 Å². The maximum absolute atomic E-state index is 12.2. The van der Waals surface area contributed by atoms with Crippen molar-refractivity contribution in [3.8, 4) is 0 Å². The van der Waals surface area contributed by atoms with Crippen molar-refractivity contribution in [3.05, 3.63) is 42.1 Å². The van der Waals surface area contributed by atoms with Gasteiger partial charge in [0, 0.05) is 0 Å². The van der Waals surface area contributed by atoms with Crippen LogP contribution in [0.5, 0.6) is 0 Å². The third-order valence-corrected chi connectivity index (χ3v) is 1.80. The van der Waals surface area contributed by atoms with E-state index in [-0.39, 0.29) is 18.9 Å². The van der Waals surface area contributed by atoms with Crippen LogP contribution in [-0.2, 0) is 6.18 Å².